The molecule has 10 nitrogen and oxygen atoms in total. The summed E-state index contributed by atoms with van der Waals surface area (Å²) in [6, 6.07) is 33.8. The minimum Gasteiger partial charge on any atom is -0.508 e. The van der Waals surface area contributed by atoms with Crippen LogP contribution < -0.4 is 43.9 Å². The number of ether oxygens (including phenoxy) is 3. The first kappa shape index (κ1) is 108. The Bertz CT molecular complexity index is 4920. The van der Waals surface area contributed by atoms with Crippen molar-refractivity contribution in [2.45, 2.75) is 203 Å². The second-order valence-electron chi connectivity index (χ2n) is 34.0. The predicted octanol–water partition coefficient (Wildman–Crippen LogP) is 29.4. The number of hydrogen-bond acceptors (Lipinski definition) is 10. The first-order chi connectivity index (χ1) is 63.9. The van der Waals surface area contributed by atoms with E-state index < -0.39 is 0 Å². The molecule has 0 spiro atoms. The lowest BCUT2D eigenvalue weighted by Crippen LogP contribution is -2.04. The first-order valence-corrected chi connectivity index (χ1v) is 48.1. The van der Waals surface area contributed by atoms with Crippen LogP contribution in [-0.2, 0) is 4.74 Å². The van der Waals surface area contributed by atoms with Crippen LogP contribution in [0, 0.1) is 5.92 Å². The summed E-state index contributed by atoms with van der Waals surface area (Å²) in [4.78, 5) is 0. The highest BCUT2D eigenvalue weighted by Gasteiger charge is 2.17. The molecule has 0 aromatic heterocycles. The number of phenolic OH excluding ortho intramolecular Hbond substituents is 1. The maximum Gasteiger partial charge on any atom is 0.118 e. The zero-order chi connectivity index (χ0) is 93.9. The fourth-order valence-corrected chi connectivity index (χ4v) is 15.5. The summed E-state index contributed by atoms with van der Waals surface area (Å²) < 4.78 is 16.0. The van der Waals surface area contributed by atoms with Gasteiger partial charge in [-0.2, -0.15) is 0 Å². The lowest BCUT2D eigenvalue weighted by atomic mass is 9.85. The Morgan fingerprint density at radius 3 is 1.12 bits per heavy atom. The molecule has 13 N–H and O–H groups in total. The molecule has 696 valence electrons. The average Bonchev–Trinajstić information content (AvgIpc) is 1.27. The van der Waals surface area contributed by atoms with Gasteiger partial charge < -0.3 is 53.7 Å². The van der Waals surface area contributed by atoms with Crippen molar-refractivity contribution in [3.8, 4) is 17.2 Å². The second-order valence-corrected chi connectivity index (χ2v) is 34.0. The van der Waals surface area contributed by atoms with E-state index >= 15 is 0 Å². The van der Waals surface area contributed by atoms with Gasteiger partial charge in [0.2, 0.25) is 0 Å². The summed E-state index contributed by atoms with van der Waals surface area (Å²) in [5, 5.41) is 9.40. The van der Waals surface area contributed by atoms with Gasteiger partial charge in [-0.15, -0.1) is 0 Å². The number of benzene rings is 4. The fraction of sp³-hybridized carbons (Fsp3) is 0.339. The molecule has 6 aliphatic carbocycles. The third-order valence-corrected chi connectivity index (χ3v) is 23.1. The molecule has 0 atom stereocenters. The highest BCUT2D eigenvalue weighted by Crippen LogP contribution is 2.35. The van der Waals surface area contributed by atoms with Gasteiger partial charge in [0.15, 0.2) is 0 Å². The van der Waals surface area contributed by atoms with Gasteiger partial charge in [0.1, 0.15) is 17.2 Å². The number of allylic oxidation sites excluding steroid dienone is 48. The number of hydrogen-bond donors (Lipinski definition) is 7. The number of methoxy groups -OCH3 is 2. The third-order valence-electron chi connectivity index (χ3n) is 23.1. The Balaban J connectivity index is 0.000000243. The molecule has 1 heterocycles. The summed E-state index contributed by atoms with van der Waals surface area (Å²) in [5.74, 6) is 2.78. The molecule has 11 rings (SSSR count). The molecule has 4 aromatic rings. The van der Waals surface area contributed by atoms with E-state index in [2.05, 4.69) is 254 Å². The van der Waals surface area contributed by atoms with Gasteiger partial charge in [-0.25, -0.2) is 0 Å². The van der Waals surface area contributed by atoms with E-state index in [1.54, 1.807) is 37.5 Å². The first-order valence-electron chi connectivity index (χ1n) is 48.1. The Morgan fingerprint density at radius 2 is 0.733 bits per heavy atom. The maximum absolute atomic E-state index is 9.40. The van der Waals surface area contributed by atoms with Crippen molar-refractivity contribution in [1.82, 2.24) is 0 Å². The van der Waals surface area contributed by atoms with E-state index in [1.165, 1.54) is 230 Å². The van der Waals surface area contributed by atoms with Gasteiger partial charge >= 0.3 is 0 Å². The zero-order valence-electron chi connectivity index (χ0n) is 80.9. The topological polar surface area (TPSA) is 204 Å². The van der Waals surface area contributed by atoms with Crippen molar-refractivity contribution in [2.24, 2.45) is 40.3 Å². The van der Waals surface area contributed by atoms with Gasteiger partial charge in [-0.1, -0.05) is 355 Å². The van der Waals surface area contributed by atoms with Crippen LogP contribution >= 0.6 is 0 Å². The monoisotopic (exact) mass is 1760 g/mol. The Hall–Kier alpha value is -11.4. The molecule has 1 aliphatic heterocycles. The summed E-state index contributed by atoms with van der Waals surface area (Å²) in [6.07, 6.45) is 112. The molecule has 1 saturated carbocycles. The third kappa shape index (κ3) is 47.8. The fourth-order valence-electron chi connectivity index (χ4n) is 15.5. The predicted molar refractivity (Wildman–Crippen MR) is 571 cm³/mol. The molecule has 0 amide bonds. The molecule has 0 radical (unpaired) electrons. The molecule has 10 heteroatoms. The van der Waals surface area contributed by atoms with Crippen molar-refractivity contribution in [3.63, 3.8) is 0 Å². The number of aromatic hydroxyl groups is 1. The highest BCUT2D eigenvalue weighted by atomic mass is 16.5. The Kier molecular flexibility index (Phi) is 56.0. The van der Waals surface area contributed by atoms with E-state index in [9.17, 15) is 5.11 Å². The van der Waals surface area contributed by atoms with Crippen molar-refractivity contribution in [1.29, 1.82) is 0 Å². The van der Waals surface area contributed by atoms with Crippen molar-refractivity contribution >= 4 is 22.8 Å². The van der Waals surface area contributed by atoms with Gasteiger partial charge in [0, 0.05) is 39.3 Å². The minimum absolute atomic E-state index is 0.262. The zero-order valence-corrected chi connectivity index (χ0v) is 80.9. The average molecular weight is 1760 g/mol. The van der Waals surface area contributed by atoms with Crippen LogP contribution in [0.4, 0.5) is 0 Å². The molecule has 7 aliphatic rings. The lowest BCUT2D eigenvalue weighted by Gasteiger charge is -2.20. The lowest BCUT2D eigenvalue weighted by molar-refractivity contribution is 0.226. The molecule has 0 bridgehead atoms. The molecule has 0 unspecified atom stereocenters. The van der Waals surface area contributed by atoms with Crippen molar-refractivity contribution in [3.05, 3.63) is 434 Å². The SMILES string of the molecule is CC(/C=C/C1CCCC1)=C\C=C\C(C)=C\CN.CC(/C=C/C=C(/C=C/C1=CCCCC1)c1ccccc1)=C\CN.CC(/C=C/C=C1/C=C(C2=CCCCC2)CCC1)=C\CN.CC(/C=C/C=C1/C=C(C2=COCCC2)CCC1)=C\CN.COc1ccc(C(=C\C=C\C(C)=C\CN)/C=C/C2=CCCCC2)cc1.COc1ccc(C(=C\C=C\C(C)=C\CN)/C=C/c2ccc(O)cc2)cc1. The summed E-state index contributed by atoms with van der Waals surface area (Å²) in [5.41, 5.74) is 61.4. The Morgan fingerprint density at radius 1 is 0.351 bits per heavy atom. The van der Waals surface area contributed by atoms with Crippen molar-refractivity contribution in [2.75, 3.05) is 60.1 Å². The van der Waals surface area contributed by atoms with Crippen LogP contribution in [0.15, 0.2) is 412 Å². The van der Waals surface area contributed by atoms with Crippen LogP contribution in [0.1, 0.15) is 225 Å². The van der Waals surface area contributed by atoms with E-state index in [0.29, 0.717) is 39.3 Å². The van der Waals surface area contributed by atoms with Crippen LogP contribution in [0.5, 0.6) is 17.2 Å². The van der Waals surface area contributed by atoms with E-state index in [4.69, 9.17) is 48.6 Å². The molecule has 0 saturated heterocycles. The quantitative estimate of drug-likeness (QED) is 0.0225. The number of rotatable bonds is 33. The van der Waals surface area contributed by atoms with Gasteiger partial charge in [-0.3, -0.25) is 0 Å². The summed E-state index contributed by atoms with van der Waals surface area (Å²) >= 11 is 0. The molecular formula is C121H158N6O4. The van der Waals surface area contributed by atoms with Crippen LogP contribution in [0.2, 0.25) is 0 Å². The van der Waals surface area contributed by atoms with Crippen molar-refractivity contribution < 1.29 is 19.3 Å². The second kappa shape index (κ2) is 67.7. The highest BCUT2D eigenvalue weighted by molar-refractivity contribution is 5.81. The summed E-state index contributed by atoms with van der Waals surface area (Å²) in [7, 11) is 3.35. The molecule has 131 heavy (non-hydrogen) atoms. The summed E-state index contributed by atoms with van der Waals surface area (Å²) in [6.45, 7) is 18.9. The largest absolute Gasteiger partial charge is 0.508 e. The Labute approximate surface area is 791 Å². The van der Waals surface area contributed by atoms with E-state index in [0.717, 1.165) is 59.1 Å². The smallest absolute Gasteiger partial charge is 0.118 e. The van der Waals surface area contributed by atoms with Gasteiger partial charge in [0.05, 0.1) is 27.1 Å². The van der Waals surface area contributed by atoms with Crippen LogP contribution in [-0.4, -0.2) is 65.2 Å². The van der Waals surface area contributed by atoms with Crippen LogP contribution in [0.3, 0.4) is 0 Å². The molecule has 1 fully saturated rings. The normalized spacial score (nSPS) is 18.3. The van der Waals surface area contributed by atoms with E-state index in [1.807, 2.05) is 116 Å². The molecular weight excluding hydrogens is 1600 g/mol. The molecule has 4 aromatic carbocycles. The maximum atomic E-state index is 9.40. The van der Waals surface area contributed by atoms with Gasteiger partial charge in [0.25, 0.3) is 0 Å². The van der Waals surface area contributed by atoms with Crippen LogP contribution in [0.25, 0.3) is 22.8 Å². The van der Waals surface area contributed by atoms with Gasteiger partial charge in [-0.05, 0) is 304 Å². The van der Waals surface area contributed by atoms with E-state index in [-0.39, 0.29) is 5.75 Å². The number of phenols is 1. The standard InChI is InChI=1S/C23H25NO2.C23H29NO.C22H27N.C19H27N.C18H25NO.C16H25N/c1-18(16-17-24)4-3-5-20(21-10-14-23(26-2)15-11-21)9-6-19-7-12-22(25)13-8-19;1-19(17-18-24)7-6-10-21(12-11-20-8-4-3-5-9-20)22-13-15-23(25-2)16-14-22;1-19(17-18-23)9-8-14-22(21-12-6-3-7-13-21)16-15-20-10-4-2-5-11-20;1-16(13-14-20)7-5-8-17-9-6-12-19(15-17)18-10-3-2-4-11-18;1-15(10-11-19)5-2-6-16-7-3-8-17(13-16)18-9-4-12-20-14-18;1-14(6-5-7-15(2)12-13-17)10-11-16-8-3-4-9-16/h3-16,25H,17,24H2,1-2H3;6-8,10-17H,3-5,9,18,24H2,1-2H3;3,6-10,12-17H,2,4-5,11,18,23H2,1H3;5,7-8,10,13,15H,2-4,6,9,11-12,14,20H2,1H3;2,5-6,10,13-14H,3-4,7-9,11-12,19H2,1H3;5-7,10-12,16H,3-4,8-9,13,17H2,1-2H3/b4-3+,9-6+,18-16+,20-5-;7-6+,12-11+,19-17+,21-10-;9-8+,16-15+,19-17+,22-14-;7-5+,16-13+,17-8+;5-2+,15-10+,16-6+;7-5+,11-10+,14-6+,15-12+. The minimum atomic E-state index is 0.262. The number of nitrogens with two attached hydrogens (primary N) is 6.